The summed E-state index contributed by atoms with van der Waals surface area (Å²) >= 11 is 0. The van der Waals surface area contributed by atoms with E-state index in [9.17, 15) is 16.8 Å². The molecule has 2 heterocycles. The van der Waals surface area contributed by atoms with Crippen molar-refractivity contribution in [2.45, 2.75) is 103 Å². The van der Waals surface area contributed by atoms with Crippen LogP contribution in [0.2, 0.25) is 0 Å². The zero-order valence-electron chi connectivity index (χ0n) is 36.6. The molecule has 4 unspecified atom stereocenters. The molecule has 0 aliphatic rings. The van der Waals surface area contributed by atoms with E-state index in [4.69, 9.17) is 18.9 Å². The topological polar surface area (TPSA) is 163 Å². The Hall–Kier alpha value is -2.34. The van der Waals surface area contributed by atoms with Gasteiger partial charge in [0, 0.05) is 25.5 Å². The van der Waals surface area contributed by atoms with Gasteiger partial charge >= 0.3 is 0 Å². The number of ether oxygens (including phenoxy) is 4. The number of aromatic nitrogens is 4. The van der Waals surface area contributed by atoms with Crippen LogP contribution in [0.3, 0.4) is 0 Å². The van der Waals surface area contributed by atoms with E-state index in [0.29, 0.717) is 11.4 Å². The van der Waals surface area contributed by atoms with Crippen LogP contribution in [0.5, 0.6) is 11.5 Å². The van der Waals surface area contributed by atoms with Crippen molar-refractivity contribution >= 4 is 53.4 Å². The first-order chi connectivity index (χ1) is 28.1. The number of hydrogen-bond donors (Lipinski definition) is 0. The molecular formula is C40H62N6O8P4S2. The summed E-state index contributed by atoms with van der Waals surface area (Å²) in [6.45, 7) is 18.9. The number of benzene rings is 2. The first-order valence-corrected chi connectivity index (χ1v) is 29.0. The van der Waals surface area contributed by atoms with E-state index in [1.165, 1.54) is 8.15 Å². The van der Waals surface area contributed by atoms with Gasteiger partial charge in [-0.1, -0.05) is 42.1 Å². The molecule has 4 rings (SSSR count). The summed E-state index contributed by atoms with van der Waals surface area (Å²) in [5, 5.41) is -1.67. The quantitative estimate of drug-likeness (QED) is 0.0777. The van der Waals surface area contributed by atoms with Crippen LogP contribution in [-0.4, -0.2) is 95.2 Å². The maximum Gasteiger partial charge on any atom is 0.223 e. The van der Waals surface area contributed by atoms with E-state index >= 15 is 0 Å². The smallest absolute Gasteiger partial charge is 0.223 e. The third-order valence-corrected chi connectivity index (χ3v) is 20.1. The highest BCUT2D eigenvalue weighted by Gasteiger charge is 2.40. The zero-order chi connectivity index (χ0) is 44.9. The standard InChI is InChI=1S/2C20H31N3O4P2S/c2*1-14(2)27-20(19-12-21-15(3)11-22-19)16(4)30(24,25)23(29(6)28)13-17-7-9-18(26-5)10-8-17/h2*7-12,14,16,20H,13,28H2,1-6H3/t2*16-,20+,29?/m10/s1. The Morgan fingerprint density at radius 3 is 1.12 bits per heavy atom. The van der Waals surface area contributed by atoms with Gasteiger partial charge in [-0.25, -0.2) is 16.8 Å². The van der Waals surface area contributed by atoms with Gasteiger partial charge < -0.3 is 18.9 Å². The monoisotopic (exact) mass is 942 g/mol. The summed E-state index contributed by atoms with van der Waals surface area (Å²) < 4.78 is 80.0. The number of methoxy groups -OCH3 is 2. The lowest BCUT2D eigenvalue weighted by Gasteiger charge is -2.32. The van der Waals surface area contributed by atoms with Gasteiger partial charge in [-0.3, -0.25) is 19.9 Å². The van der Waals surface area contributed by atoms with Gasteiger partial charge in [0.2, 0.25) is 20.0 Å². The lowest BCUT2D eigenvalue weighted by molar-refractivity contribution is 0.00314. The van der Waals surface area contributed by atoms with Gasteiger partial charge in [0.15, 0.2) is 0 Å². The molecule has 0 spiro atoms. The lowest BCUT2D eigenvalue weighted by Crippen LogP contribution is -2.38. The molecule has 0 N–H and O–H groups in total. The molecule has 0 saturated carbocycles. The number of rotatable bonds is 20. The maximum absolute atomic E-state index is 13.6. The van der Waals surface area contributed by atoms with E-state index in [1.807, 2.05) is 103 Å². The molecule has 20 heteroatoms. The molecule has 332 valence electrons. The van der Waals surface area contributed by atoms with Crippen LogP contribution < -0.4 is 9.47 Å². The fourth-order valence-electron chi connectivity index (χ4n) is 5.76. The SMILES string of the molecule is COc1ccc(CN(P(C)P)S(=O)(=O)[C@@H](C)[C@@H](OC(C)C)c2cnc(C)cn2)cc1.COc1ccc(CN(P(C)P)S(=O)(=O)[C@H](C)[C@H](OC(C)C)c2cnc(C)cn2)cc1. The van der Waals surface area contributed by atoms with E-state index in [1.54, 1.807) is 52.9 Å². The summed E-state index contributed by atoms with van der Waals surface area (Å²) in [5.41, 5.74) is 4.33. The molecule has 60 heavy (non-hydrogen) atoms. The van der Waals surface area contributed by atoms with Gasteiger partial charge in [-0.15, -0.1) is 0 Å². The molecule has 0 aliphatic carbocycles. The van der Waals surface area contributed by atoms with Crippen LogP contribution in [0.1, 0.15) is 87.7 Å². The van der Waals surface area contributed by atoms with Crippen molar-refractivity contribution < 1.29 is 35.8 Å². The van der Waals surface area contributed by atoms with Crippen LogP contribution in [0.25, 0.3) is 0 Å². The molecule has 0 saturated heterocycles. The molecule has 0 bridgehead atoms. The Balaban J connectivity index is 0.000000320. The van der Waals surface area contributed by atoms with Crippen LogP contribution in [0.4, 0.5) is 0 Å². The predicted octanol–water partition coefficient (Wildman–Crippen LogP) is 8.59. The van der Waals surface area contributed by atoms with Gasteiger partial charge in [-0.05, 0) is 120 Å². The van der Waals surface area contributed by atoms with E-state index in [2.05, 4.69) is 37.8 Å². The van der Waals surface area contributed by atoms with E-state index < -0.39 is 58.3 Å². The number of nitrogens with zero attached hydrogens (tertiary/aromatic N) is 6. The third-order valence-electron chi connectivity index (χ3n) is 9.06. The molecule has 2 aromatic carbocycles. The maximum atomic E-state index is 13.6. The highest BCUT2D eigenvalue weighted by atomic mass is 32.2. The minimum Gasteiger partial charge on any atom is -0.497 e. The molecule has 8 atom stereocenters. The minimum absolute atomic E-state index is 0.162. The van der Waals surface area contributed by atoms with Crippen molar-refractivity contribution in [3.05, 3.63) is 107 Å². The van der Waals surface area contributed by atoms with Crippen LogP contribution >= 0.6 is 33.4 Å². The van der Waals surface area contributed by atoms with Gasteiger partial charge in [0.1, 0.15) is 34.2 Å². The Bertz CT molecular complexity index is 1970. The van der Waals surface area contributed by atoms with Gasteiger partial charge in [-0.2, -0.15) is 8.15 Å². The first-order valence-electron chi connectivity index (χ1n) is 19.3. The molecular weight excluding hydrogens is 881 g/mol. The fourth-order valence-corrected chi connectivity index (χ4v) is 15.6. The van der Waals surface area contributed by atoms with Crippen molar-refractivity contribution in [1.29, 1.82) is 0 Å². The van der Waals surface area contributed by atoms with Crippen LogP contribution in [0, 0.1) is 13.8 Å². The number of hydrogen-bond acceptors (Lipinski definition) is 12. The second-order valence-electron chi connectivity index (χ2n) is 14.7. The van der Waals surface area contributed by atoms with E-state index in [0.717, 1.165) is 34.0 Å². The molecule has 0 aliphatic heterocycles. The molecule has 0 amide bonds. The summed E-state index contributed by atoms with van der Waals surface area (Å²) in [4.78, 5) is 17.3. The normalized spacial score (nSPS) is 15.2. The van der Waals surface area contributed by atoms with Crippen molar-refractivity contribution in [2.75, 3.05) is 27.5 Å². The summed E-state index contributed by atoms with van der Waals surface area (Å²) in [5.74, 6) is 1.46. The molecule has 0 radical (unpaired) electrons. The lowest BCUT2D eigenvalue weighted by atomic mass is 10.2. The predicted molar refractivity (Wildman–Crippen MR) is 250 cm³/mol. The summed E-state index contributed by atoms with van der Waals surface area (Å²) in [7, 11) is -0.919. The Kier molecular flexibility index (Phi) is 20.7. The largest absolute Gasteiger partial charge is 0.497 e. The highest BCUT2D eigenvalue weighted by Crippen LogP contribution is 2.50. The number of aryl methyl sites for hydroxylation is 2. The molecule has 14 nitrogen and oxygen atoms in total. The van der Waals surface area contributed by atoms with Gasteiger partial charge in [0.25, 0.3) is 0 Å². The van der Waals surface area contributed by atoms with Crippen molar-refractivity contribution in [3.8, 4) is 11.5 Å². The second-order valence-corrected chi connectivity index (χ2v) is 27.4. The van der Waals surface area contributed by atoms with Crippen LogP contribution in [0.15, 0.2) is 73.3 Å². The second kappa shape index (κ2) is 23.9. The molecule has 0 fully saturated rings. The molecule has 4 aromatic rings. The Morgan fingerprint density at radius 2 is 0.883 bits per heavy atom. The minimum atomic E-state index is -3.70. The average molecular weight is 943 g/mol. The summed E-state index contributed by atoms with van der Waals surface area (Å²) in [6, 6.07) is 14.8. The van der Waals surface area contributed by atoms with Crippen molar-refractivity contribution in [1.82, 2.24) is 28.1 Å². The number of sulfonamides is 2. The zero-order valence-corrected chi connectivity index (χ0v) is 42.4. The van der Waals surface area contributed by atoms with Crippen LogP contribution in [-0.2, 0) is 42.6 Å². The Morgan fingerprint density at radius 1 is 0.567 bits per heavy atom. The molecule has 2 aromatic heterocycles. The van der Waals surface area contributed by atoms with Crippen molar-refractivity contribution in [2.24, 2.45) is 0 Å². The summed E-state index contributed by atoms with van der Waals surface area (Å²) in [6.07, 6.45) is 4.68. The highest BCUT2D eigenvalue weighted by molar-refractivity contribution is 8.17. The fraction of sp³-hybridized carbons (Fsp3) is 0.500. The van der Waals surface area contributed by atoms with Gasteiger partial charge in [0.05, 0.1) is 61.6 Å². The Labute approximate surface area is 365 Å². The average Bonchev–Trinajstić information content (AvgIpc) is 3.20. The van der Waals surface area contributed by atoms with Crippen molar-refractivity contribution in [3.63, 3.8) is 0 Å². The van der Waals surface area contributed by atoms with E-state index in [-0.39, 0.29) is 25.3 Å². The first kappa shape index (κ1) is 52.0. The third kappa shape index (κ3) is 14.9.